The van der Waals surface area contributed by atoms with Crippen LogP contribution in [0.15, 0.2) is 30.0 Å². The lowest BCUT2D eigenvalue weighted by Crippen LogP contribution is -2.31. The predicted octanol–water partition coefficient (Wildman–Crippen LogP) is 6.63. The Morgan fingerprint density at radius 3 is 2.26 bits per heavy atom. The molecule has 1 aromatic carbocycles. The van der Waals surface area contributed by atoms with Gasteiger partial charge in [-0.15, -0.1) is 0 Å². The maximum absolute atomic E-state index is 12.1. The van der Waals surface area contributed by atoms with E-state index < -0.39 is 5.97 Å². The first-order chi connectivity index (χ1) is 14.2. The number of benzene rings is 1. The first kappa shape index (κ1) is 25.5. The molecule has 1 fully saturated rings. The van der Waals surface area contributed by atoms with Crippen LogP contribution in [-0.4, -0.2) is 28.4 Å². The van der Waals surface area contributed by atoms with Gasteiger partial charge in [-0.1, -0.05) is 72.2 Å². The number of halogens is 1. The average molecular weight is 448 g/mol. The Bertz CT molecular complexity index is 864. The fraction of sp³-hybridized carbons (Fsp3) is 0.615. The van der Waals surface area contributed by atoms with Gasteiger partial charge in [-0.25, -0.2) is 0 Å². The second kappa shape index (κ2) is 9.36. The lowest BCUT2D eigenvalue weighted by Gasteiger charge is -2.34. The third-order valence-corrected chi connectivity index (χ3v) is 6.96. The summed E-state index contributed by atoms with van der Waals surface area (Å²) in [6.07, 6.45) is 2.94. The van der Waals surface area contributed by atoms with Crippen LogP contribution in [0.25, 0.3) is 0 Å². The summed E-state index contributed by atoms with van der Waals surface area (Å²) in [6, 6.07) is 6.40. The number of aliphatic carboxylic acids is 1. The standard InChI is InChI=1S/C26H38ClNO3/c1-16(2)22(15-28(17(3)29)12-11-24(30)31)26(7,8)18-9-10-19(23(27)13-18)20-14-21(20)25(4,5)6/h9-10,13,15-16,20-21H,11-12,14H2,1-8H3,(H,30,31)/b22-15-. The highest BCUT2D eigenvalue weighted by atomic mass is 35.5. The summed E-state index contributed by atoms with van der Waals surface area (Å²) in [5.41, 5.74) is 3.31. The summed E-state index contributed by atoms with van der Waals surface area (Å²) >= 11 is 6.76. The second-order valence-corrected chi connectivity index (χ2v) is 11.2. The molecule has 0 saturated heterocycles. The summed E-state index contributed by atoms with van der Waals surface area (Å²) in [5.74, 6) is 0.280. The minimum Gasteiger partial charge on any atom is -0.481 e. The van der Waals surface area contributed by atoms with Gasteiger partial charge < -0.3 is 10.0 Å². The van der Waals surface area contributed by atoms with Gasteiger partial charge in [0.05, 0.1) is 6.42 Å². The van der Waals surface area contributed by atoms with E-state index in [1.165, 1.54) is 23.8 Å². The highest BCUT2D eigenvalue weighted by molar-refractivity contribution is 6.31. The average Bonchev–Trinajstić information content (AvgIpc) is 3.41. The fourth-order valence-electron chi connectivity index (χ4n) is 4.61. The number of carbonyl (C=O) groups is 2. The van der Waals surface area contributed by atoms with Crippen molar-refractivity contribution in [2.75, 3.05) is 6.54 Å². The van der Waals surface area contributed by atoms with E-state index in [0.29, 0.717) is 11.8 Å². The number of carboxylic acids is 1. The number of allylic oxidation sites excluding steroid dienone is 1. The molecule has 2 rings (SSSR count). The lowest BCUT2D eigenvalue weighted by molar-refractivity contribution is -0.137. The molecule has 1 amide bonds. The van der Waals surface area contributed by atoms with Crippen molar-refractivity contribution >= 4 is 23.5 Å². The highest BCUT2D eigenvalue weighted by Crippen LogP contribution is 2.58. The van der Waals surface area contributed by atoms with E-state index in [1.807, 2.05) is 6.20 Å². The van der Waals surface area contributed by atoms with E-state index in [4.69, 9.17) is 16.7 Å². The van der Waals surface area contributed by atoms with Gasteiger partial charge in [-0.2, -0.15) is 0 Å². The van der Waals surface area contributed by atoms with Gasteiger partial charge in [0.25, 0.3) is 0 Å². The number of carboxylic acid groups (broad SMARTS) is 1. The summed E-state index contributed by atoms with van der Waals surface area (Å²) in [6.45, 7) is 16.9. The van der Waals surface area contributed by atoms with Gasteiger partial charge in [-0.3, -0.25) is 9.59 Å². The van der Waals surface area contributed by atoms with Crippen molar-refractivity contribution in [2.45, 2.75) is 79.6 Å². The largest absolute Gasteiger partial charge is 0.481 e. The Morgan fingerprint density at radius 1 is 1.23 bits per heavy atom. The zero-order valence-electron chi connectivity index (χ0n) is 20.3. The van der Waals surface area contributed by atoms with Gasteiger partial charge in [0, 0.05) is 30.1 Å². The Kier molecular flexibility index (Phi) is 7.68. The van der Waals surface area contributed by atoms with Crippen LogP contribution in [0.3, 0.4) is 0 Å². The van der Waals surface area contributed by atoms with Crippen molar-refractivity contribution in [3.8, 4) is 0 Å². The molecule has 0 aliphatic heterocycles. The van der Waals surface area contributed by atoms with E-state index in [0.717, 1.165) is 16.2 Å². The third-order valence-electron chi connectivity index (χ3n) is 6.63. The minimum atomic E-state index is -0.916. The quantitative estimate of drug-likeness (QED) is 0.486. The molecule has 0 heterocycles. The van der Waals surface area contributed by atoms with Crippen LogP contribution < -0.4 is 0 Å². The number of hydrogen-bond donors (Lipinski definition) is 1. The molecule has 1 aromatic rings. The zero-order valence-corrected chi connectivity index (χ0v) is 21.0. The number of rotatable bonds is 8. The van der Waals surface area contributed by atoms with Crippen LogP contribution in [0.4, 0.5) is 0 Å². The maximum Gasteiger partial charge on any atom is 0.305 e. The molecule has 2 unspecified atom stereocenters. The van der Waals surface area contributed by atoms with E-state index in [1.54, 1.807) is 0 Å². The van der Waals surface area contributed by atoms with Crippen molar-refractivity contribution in [3.63, 3.8) is 0 Å². The summed E-state index contributed by atoms with van der Waals surface area (Å²) < 4.78 is 0. The highest BCUT2D eigenvalue weighted by Gasteiger charge is 2.46. The molecule has 0 bridgehead atoms. The molecule has 1 N–H and O–H groups in total. The van der Waals surface area contributed by atoms with Crippen LogP contribution in [0.1, 0.15) is 85.3 Å². The van der Waals surface area contributed by atoms with Gasteiger partial charge in [0.1, 0.15) is 0 Å². The van der Waals surface area contributed by atoms with Crippen molar-refractivity contribution in [1.29, 1.82) is 0 Å². The number of hydrogen-bond acceptors (Lipinski definition) is 2. The van der Waals surface area contributed by atoms with Crippen LogP contribution in [0.5, 0.6) is 0 Å². The third kappa shape index (κ3) is 6.12. The van der Waals surface area contributed by atoms with Crippen molar-refractivity contribution in [2.24, 2.45) is 17.3 Å². The molecule has 0 spiro atoms. The molecule has 172 valence electrons. The number of amides is 1. The van der Waals surface area contributed by atoms with E-state index >= 15 is 0 Å². The Balaban J connectivity index is 2.36. The molecule has 4 nitrogen and oxygen atoms in total. The Hall–Kier alpha value is -1.81. The Labute approximate surface area is 192 Å². The summed E-state index contributed by atoms with van der Waals surface area (Å²) in [7, 11) is 0. The monoisotopic (exact) mass is 447 g/mol. The van der Waals surface area contributed by atoms with Gasteiger partial charge in [0.15, 0.2) is 0 Å². The molecule has 5 heteroatoms. The molecule has 0 radical (unpaired) electrons. The molecule has 1 saturated carbocycles. The predicted molar refractivity (Wildman–Crippen MR) is 127 cm³/mol. The van der Waals surface area contributed by atoms with Crippen molar-refractivity contribution in [1.82, 2.24) is 4.90 Å². The molecule has 2 atom stereocenters. The Morgan fingerprint density at radius 2 is 1.84 bits per heavy atom. The van der Waals surface area contributed by atoms with E-state index in [-0.39, 0.29) is 35.6 Å². The number of carbonyl (C=O) groups excluding carboxylic acids is 1. The van der Waals surface area contributed by atoms with Crippen LogP contribution in [0.2, 0.25) is 5.02 Å². The second-order valence-electron chi connectivity index (χ2n) is 10.8. The first-order valence-electron chi connectivity index (χ1n) is 11.2. The van der Waals surface area contributed by atoms with E-state index in [9.17, 15) is 9.59 Å². The maximum atomic E-state index is 12.1. The van der Waals surface area contributed by atoms with Gasteiger partial charge in [0.2, 0.25) is 5.91 Å². The number of nitrogens with zero attached hydrogens (tertiary/aromatic N) is 1. The molecule has 1 aliphatic rings. The zero-order chi connectivity index (χ0) is 23.7. The first-order valence-corrected chi connectivity index (χ1v) is 11.5. The van der Waals surface area contributed by atoms with Crippen LogP contribution in [-0.2, 0) is 15.0 Å². The molecular formula is C26H38ClNO3. The summed E-state index contributed by atoms with van der Waals surface area (Å²) in [5, 5.41) is 9.83. The van der Waals surface area contributed by atoms with Crippen LogP contribution in [0, 0.1) is 17.3 Å². The molecular weight excluding hydrogens is 410 g/mol. The van der Waals surface area contributed by atoms with Gasteiger partial charge in [-0.05, 0) is 52.4 Å². The summed E-state index contributed by atoms with van der Waals surface area (Å²) in [4.78, 5) is 24.7. The fourth-order valence-corrected chi connectivity index (χ4v) is 4.93. The molecule has 31 heavy (non-hydrogen) atoms. The normalized spacial score (nSPS) is 19.5. The van der Waals surface area contributed by atoms with Crippen molar-refractivity contribution in [3.05, 3.63) is 46.1 Å². The van der Waals surface area contributed by atoms with Crippen LogP contribution >= 0.6 is 11.6 Å². The van der Waals surface area contributed by atoms with Gasteiger partial charge >= 0.3 is 5.97 Å². The van der Waals surface area contributed by atoms with E-state index in [2.05, 4.69) is 66.7 Å². The molecule has 0 aromatic heterocycles. The van der Waals surface area contributed by atoms with Crippen molar-refractivity contribution < 1.29 is 14.7 Å². The topological polar surface area (TPSA) is 57.6 Å². The SMILES string of the molecule is CC(=O)N(/C=C(/C(C)C)C(C)(C)c1ccc(C2CC2C(C)(C)C)c(Cl)c1)CCC(=O)O. The lowest BCUT2D eigenvalue weighted by atomic mass is 9.73. The molecule has 1 aliphatic carbocycles. The smallest absolute Gasteiger partial charge is 0.305 e. The minimum absolute atomic E-state index is 0.0846.